The van der Waals surface area contributed by atoms with E-state index in [-0.39, 0.29) is 24.5 Å². The van der Waals surface area contributed by atoms with Crippen LogP contribution < -0.4 is 5.43 Å². The molecule has 1 amide bonds. The molecule has 0 aliphatic rings. The molecule has 0 aliphatic carbocycles. The molecule has 3 rings (SSSR count). The van der Waals surface area contributed by atoms with Crippen LogP contribution in [-0.2, 0) is 16.1 Å². The quantitative estimate of drug-likeness (QED) is 0.290. The molecule has 10 nitrogen and oxygen atoms in total. The lowest BCUT2D eigenvalue weighted by molar-refractivity contribution is -0.151. The number of nitrogens with zero attached hydrogens (tertiary/aromatic N) is 2. The molecule has 0 spiro atoms. The molecule has 4 N–H and O–H groups in total. The van der Waals surface area contributed by atoms with E-state index >= 15 is 0 Å². The smallest absolute Gasteiger partial charge is 0.356 e. The van der Waals surface area contributed by atoms with Crippen molar-refractivity contribution in [3.63, 3.8) is 0 Å². The van der Waals surface area contributed by atoms with E-state index in [2.05, 4.69) is 20.4 Å². The third-order valence-corrected chi connectivity index (χ3v) is 4.60. The Bertz CT molecular complexity index is 1080. The molecule has 0 aliphatic heterocycles. The summed E-state index contributed by atoms with van der Waals surface area (Å²) >= 11 is 0. The van der Waals surface area contributed by atoms with E-state index in [1.54, 1.807) is 0 Å². The number of ether oxygens (including phenoxy) is 1. The summed E-state index contributed by atoms with van der Waals surface area (Å²) in [5.74, 6) is -2.81. The first-order valence-electron chi connectivity index (χ1n) is 9.62. The second kappa shape index (κ2) is 10.3. The standard InChI is InChI=1S/C22H22N4O6/c1-32-22(31)19(27)13-26(25-20(28)17-11-18(21(29)30)24-23-17)12-14-7-9-16(10-8-14)15-5-3-2-4-6-15/h2-11,19,27H,12-13H2,1H3,(H,23,24)(H,25,28)(H,29,30)/t19-/m1/s1. The van der Waals surface area contributed by atoms with Crippen molar-refractivity contribution in [2.75, 3.05) is 13.7 Å². The van der Waals surface area contributed by atoms with Gasteiger partial charge in [-0.3, -0.25) is 15.3 Å². The number of rotatable bonds is 9. The maximum atomic E-state index is 12.5. The van der Waals surface area contributed by atoms with Crippen LogP contribution in [0.5, 0.6) is 0 Å². The van der Waals surface area contributed by atoms with Gasteiger partial charge in [-0.1, -0.05) is 54.6 Å². The van der Waals surface area contributed by atoms with Gasteiger partial charge in [0.25, 0.3) is 5.91 Å². The van der Waals surface area contributed by atoms with Gasteiger partial charge in [0.2, 0.25) is 0 Å². The number of carbonyl (C=O) groups is 3. The third kappa shape index (κ3) is 5.78. The number of hydrazine groups is 1. The van der Waals surface area contributed by atoms with Gasteiger partial charge in [-0.25, -0.2) is 14.6 Å². The minimum absolute atomic E-state index is 0.0839. The predicted molar refractivity (Wildman–Crippen MR) is 113 cm³/mol. The van der Waals surface area contributed by atoms with Gasteiger partial charge in [0.05, 0.1) is 13.7 Å². The lowest BCUT2D eigenvalue weighted by Crippen LogP contribution is -2.47. The van der Waals surface area contributed by atoms with Crippen molar-refractivity contribution in [1.29, 1.82) is 0 Å². The first-order chi connectivity index (χ1) is 15.4. The van der Waals surface area contributed by atoms with Gasteiger partial charge >= 0.3 is 11.9 Å². The summed E-state index contributed by atoms with van der Waals surface area (Å²) in [7, 11) is 1.15. The van der Waals surface area contributed by atoms with Gasteiger partial charge in [0.15, 0.2) is 11.8 Å². The van der Waals surface area contributed by atoms with Gasteiger partial charge < -0.3 is 14.9 Å². The molecule has 0 fully saturated rings. The second-order valence-corrected chi connectivity index (χ2v) is 6.90. The highest BCUT2D eigenvalue weighted by Gasteiger charge is 2.23. The van der Waals surface area contributed by atoms with Gasteiger partial charge in [-0.2, -0.15) is 5.10 Å². The average Bonchev–Trinajstić information content (AvgIpc) is 3.30. The van der Waals surface area contributed by atoms with Crippen LogP contribution in [0, 0.1) is 0 Å². The number of carbonyl (C=O) groups excluding carboxylic acids is 2. The number of benzene rings is 2. The van der Waals surface area contributed by atoms with Crippen molar-refractivity contribution >= 4 is 17.8 Å². The summed E-state index contributed by atoms with van der Waals surface area (Å²) in [5.41, 5.74) is 5.03. The van der Waals surface area contributed by atoms with Crippen LogP contribution in [0.25, 0.3) is 11.1 Å². The molecule has 1 atom stereocenters. The summed E-state index contributed by atoms with van der Waals surface area (Å²) in [6.07, 6.45) is -1.50. The van der Waals surface area contributed by atoms with Crippen molar-refractivity contribution in [1.82, 2.24) is 20.6 Å². The highest BCUT2D eigenvalue weighted by molar-refractivity contribution is 5.95. The lowest BCUT2D eigenvalue weighted by atomic mass is 10.0. The Morgan fingerprint density at radius 2 is 1.75 bits per heavy atom. The number of aromatic amines is 1. The first kappa shape index (κ1) is 22.7. The summed E-state index contributed by atoms with van der Waals surface area (Å²) < 4.78 is 4.54. The summed E-state index contributed by atoms with van der Waals surface area (Å²) in [6.45, 7) is -0.0897. The van der Waals surface area contributed by atoms with E-state index in [0.717, 1.165) is 29.9 Å². The lowest BCUT2D eigenvalue weighted by Gasteiger charge is -2.24. The number of carboxylic acid groups (broad SMARTS) is 1. The highest BCUT2D eigenvalue weighted by atomic mass is 16.5. The molecule has 2 aromatic carbocycles. The van der Waals surface area contributed by atoms with Crippen LogP contribution in [0.2, 0.25) is 0 Å². The molecule has 3 aromatic rings. The SMILES string of the molecule is COC(=O)[C@H](O)CN(Cc1ccc(-c2ccccc2)cc1)NC(=O)c1cc(C(=O)O)n[nH]1. The van der Waals surface area contributed by atoms with Crippen molar-refractivity contribution in [3.8, 4) is 11.1 Å². The van der Waals surface area contributed by atoms with Crippen LogP contribution in [0.15, 0.2) is 60.7 Å². The fourth-order valence-electron chi connectivity index (χ4n) is 2.97. The molecule has 1 heterocycles. The Morgan fingerprint density at radius 1 is 1.09 bits per heavy atom. The second-order valence-electron chi connectivity index (χ2n) is 6.90. The molecule has 166 valence electrons. The Hall–Kier alpha value is -4.02. The predicted octanol–water partition coefficient (Wildman–Crippen LogP) is 1.46. The van der Waals surface area contributed by atoms with Crippen LogP contribution in [0.3, 0.4) is 0 Å². The highest BCUT2D eigenvalue weighted by Crippen LogP contribution is 2.19. The molecule has 0 unspecified atom stereocenters. The van der Waals surface area contributed by atoms with Gasteiger partial charge in [0.1, 0.15) is 5.69 Å². The number of carboxylic acids is 1. The Kier molecular flexibility index (Phi) is 7.32. The van der Waals surface area contributed by atoms with Crippen molar-refractivity contribution in [2.45, 2.75) is 12.6 Å². The zero-order valence-electron chi connectivity index (χ0n) is 17.2. The number of hydrogen-bond donors (Lipinski definition) is 4. The van der Waals surface area contributed by atoms with Gasteiger partial charge in [-0.05, 0) is 16.7 Å². The maximum absolute atomic E-state index is 12.5. The fourth-order valence-corrected chi connectivity index (χ4v) is 2.97. The normalized spacial score (nSPS) is 11.7. The molecule has 0 radical (unpaired) electrons. The number of aliphatic hydroxyl groups excluding tert-OH is 1. The van der Waals surface area contributed by atoms with Crippen LogP contribution in [-0.4, -0.2) is 63.0 Å². The number of hydrogen-bond acceptors (Lipinski definition) is 7. The Labute approximate surface area is 183 Å². The zero-order chi connectivity index (χ0) is 23.1. The largest absolute Gasteiger partial charge is 0.476 e. The van der Waals surface area contributed by atoms with E-state index in [1.807, 2.05) is 54.6 Å². The van der Waals surface area contributed by atoms with E-state index in [1.165, 1.54) is 5.01 Å². The number of aromatic carboxylic acids is 1. The van der Waals surface area contributed by atoms with Crippen molar-refractivity contribution in [3.05, 3.63) is 77.6 Å². The number of aliphatic hydroxyl groups is 1. The number of nitrogens with one attached hydrogen (secondary N) is 2. The monoisotopic (exact) mass is 438 g/mol. The van der Waals surface area contributed by atoms with Crippen molar-refractivity contribution in [2.24, 2.45) is 0 Å². The minimum atomic E-state index is -1.50. The molecule has 0 saturated carbocycles. The topological polar surface area (TPSA) is 145 Å². The van der Waals surface area contributed by atoms with E-state index in [4.69, 9.17) is 5.11 Å². The number of amides is 1. The number of methoxy groups -OCH3 is 1. The van der Waals surface area contributed by atoms with Crippen LogP contribution in [0.4, 0.5) is 0 Å². The molecule has 0 bridgehead atoms. The first-order valence-corrected chi connectivity index (χ1v) is 9.62. The minimum Gasteiger partial charge on any atom is -0.476 e. The summed E-state index contributed by atoms with van der Waals surface area (Å²) in [4.78, 5) is 35.1. The Balaban J connectivity index is 1.75. The van der Waals surface area contributed by atoms with Gasteiger partial charge in [-0.15, -0.1) is 0 Å². The third-order valence-electron chi connectivity index (χ3n) is 4.60. The number of aromatic nitrogens is 2. The molecular weight excluding hydrogens is 416 g/mol. The van der Waals surface area contributed by atoms with Crippen LogP contribution in [0.1, 0.15) is 26.5 Å². The van der Waals surface area contributed by atoms with Crippen molar-refractivity contribution < 1.29 is 29.3 Å². The van der Waals surface area contributed by atoms with Crippen LogP contribution >= 0.6 is 0 Å². The average molecular weight is 438 g/mol. The maximum Gasteiger partial charge on any atom is 0.356 e. The van der Waals surface area contributed by atoms with E-state index in [0.29, 0.717) is 0 Å². The molecular formula is C22H22N4O6. The Morgan fingerprint density at radius 3 is 2.34 bits per heavy atom. The molecule has 10 heteroatoms. The van der Waals surface area contributed by atoms with E-state index in [9.17, 15) is 19.5 Å². The fraction of sp³-hybridized carbons (Fsp3) is 0.182. The molecule has 1 aromatic heterocycles. The van der Waals surface area contributed by atoms with E-state index < -0.39 is 23.9 Å². The zero-order valence-corrected chi connectivity index (χ0v) is 17.2. The number of H-pyrrole nitrogens is 1. The molecule has 32 heavy (non-hydrogen) atoms. The molecule has 0 saturated heterocycles. The summed E-state index contributed by atoms with van der Waals surface area (Å²) in [6, 6.07) is 18.5. The summed E-state index contributed by atoms with van der Waals surface area (Å²) in [5, 5.41) is 26.2. The van der Waals surface area contributed by atoms with Gasteiger partial charge in [0, 0.05) is 12.6 Å². The number of esters is 1.